The number of hydrogen-bond donors (Lipinski definition) is 0. The Morgan fingerprint density at radius 3 is 2.22 bits per heavy atom. The van der Waals surface area contributed by atoms with Crippen LogP contribution < -0.4 is 30.9 Å². The van der Waals surface area contributed by atoms with Gasteiger partial charge in [0.2, 0.25) is 16.5 Å². The van der Waals surface area contributed by atoms with Gasteiger partial charge >= 0.3 is 0 Å². The SMILES string of the molecule is COc1ccc2c(c1)C(C)(C)C(C=c1c(=O)c(=CC3N(CCC(C)C)c4ccc([N+](=O)[O-])cc4C3(C)C)c1=O)=[N+]2CCC(C)C. The van der Waals surface area contributed by atoms with Gasteiger partial charge < -0.3 is 9.64 Å². The first kappa shape index (κ1) is 32.3. The van der Waals surface area contributed by atoms with Gasteiger partial charge in [-0.25, -0.2) is 0 Å². The fourth-order valence-corrected chi connectivity index (χ4v) is 6.94. The van der Waals surface area contributed by atoms with Crippen LogP contribution in [0.3, 0.4) is 0 Å². The summed E-state index contributed by atoms with van der Waals surface area (Å²) in [7, 11) is 1.65. The molecule has 2 heterocycles. The van der Waals surface area contributed by atoms with Crippen molar-refractivity contribution in [2.75, 3.05) is 25.1 Å². The van der Waals surface area contributed by atoms with Gasteiger partial charge in [0.25, 0.3) is 5.69 Å². The average Bonchev–Trinajstić information content (AvgIpc) is 3.33. The molecule has 0 bridgehead atoms. The molecule has 45 heavy (non-hydrogen) atoms. The van der Waals surface area contributed by atoms with Gasteiger partial charge in [-0.3, -0.25) is 19.7 Å². The zero-order valence-electron chi connectivity index (χ0n) is 28.1. The molecule has 2 aliphatic rings. The lowest BCUT2D eigenvalue weighted by atomic mass is 9.79. The van der Waals surface area contributed by atoms with Crippen LogP contribution in [0.1, 0.15) is 79.4 Å². The van der Waals surface area contributed by atoms with Crippen LogP contribution in [0.15, 0.2) is 46.0 Å². The highest BCUT2D eigenvalue weighted by Gasteiger charge is 2.46. The predicted molar refractivity (Wildman–Crippen MR) is 182 cm³/mol. The van der Waals surface area contributed by atoms with E-state index < -0.39 is 10.8 Å². The number of fused-ring (bicyclic) bond motifs is 2. The van der Waals surface area contributed by atoms with Gasteiger partial charge in [0.15, 0.2) is 5.71 Å². The van der Waals surface area contributed by atoms with Crippen LogP contribution >= 0.6 is 0 Å². The normalized spacial score (nSPS) is 18.1. The Hall–Kier alpha value is -4.07. The number of nitro groups is 1. The van der Waals surface area contributed by atoms with Gasteiger partial charge in [0.1, 0.15) is 12.3 Å². The highest BCUT2D eigenvalue weighted by molar-refractivity contribution is 6.15. The number of anilines is 1. The van der Waals surface area contributed by atoms with E-state index in [0.29, 0.717) is 18.4 Å². The van der Waals surface area contributed by atoms with E-state index >= 15 is 0 Å². The van der Waals surface area contributed by atoms with Gasteiger partial charge in [-0.2, -0.15) is 4.58 Å². The third-order valence-corrected chi connectivity index (χ3v) is 9.83. The molecule has 3 aromatic carbocycles. The first-order valence-corrected chi connectivity index (χ1v) is 16.0. The highest BCUT2D eigenvalue weighted by atomic mass is 16.6. The summed E-state index contributed by atoms with van der Waals surface area (Å²) in [6.07, 6.45) is 5.49. The molecular weight excluding hydrogens is 566 g/mol. The molecule has 5 rings (SSSR count). The van der Waals surface area contributed by atoms with Crippen molar-refractivity contribution in [3.8, 4) is 5.75 Å². The van der Waals surface area contributed by atoms with Gasteiger partial charge in [-0.1, -0.05) is 41.5 Å². The van der Waals surface area contributed by atoms with Crippen LogP contribution in [0.2, 0.25) is 0 Å². The Labute approximate surface area is 265 Å². The number of hydrogen-bond acceptors (Lipinski definition) is 6. The Morgan fingerprint density at radius 1 is 0.956 bits per heavy atom. The second kappa shape index (κ2) is 11.7. The number of methoxy groups -OCH3 is 1. The maximum atomic E-state index is 13.8. The topological polar surface area (TPSA) is 92.8 Å². The van der Waals surface area contributed by atoms with Crippen molar-refractivity contribution in [1.82, 2.24) is 0 Å². The van der Waals surface area contributed by atoms with Crippen molar-refractivity contribution in [2.45, 2.75) is 85.1 Å². The standard InChI is InChI=1S/C37H46N3O5/c1-22(2)14-16-38-30-12-10-24(40(43)44)18-28(30)36(5,6)32(38)20-26-34(41)27(35(26)42)21-33-37(7,8)29-19-25(45-9)11-13-31(29)39(33)17-15-23(3)4/h10-13,18-23,32H,14-17H2,1-9H3/q+1. The quantitative estimate of drug-likeness (QED) is 0.180. The second-order valence-electron chi connectivity index (χ2n) is 14.5. The Balaban J connectivity index is 1.63. The molecule has 0 amide bonds. The minimum atomic E-state index is -0.554. The molecule has 1 unspecified atom stereocenters. The second-order valence-corrected chi connectivity index (χ2v) is 14.5. The summed E-state index contributed by atoms with van der Waals surface area (Å²) in [5, 5.41) is 12.0. The summed E-state index contributed by atoms with van der Waals surface area (Å²) in [6, 6.07) is 10.8. The van der Waals surface area contributed by atoms with Crippen molar-refractivity contribution in [3.05, 3.63) is 88.5 Å². The lowest BCUT2D eigenvalue weighted by Gasteiger charge is -2.33. The number of rotatable bonds is 10. The lowest BCUT2D eigenvalue weighted by molar-refractivity contribution is -0.438. The van der Waals surface area contributed by atoms with Crippen LogP contribution in [-0.4, -0.2) is 41.5 Å². The summed E-state index contributed by atoms with van der Waals surface area (Å²) >= 11 is 0. The zero-order chi connectivity index (χ0) is 33.0. The number of nitrogens with zero attached hydrogens (tertiary/aromatic N) is 3. The van der Waals surface area contributed by atoms with Gasteiger partial charge in [0.05, 0.1) is 33.9 Å². The van der Waals surface area contributed by atoms with E-state index in [2.05, 4.69) is 63.2 Å². The van der Waals surface area contributed by atoms with E-state index in [9.17, 15) is 19.7 Å². The summed E-state index contributed by atoms with van der Waals surface area (Å²) in [6.45, 7) is 18.5. The van der Waals surface area contributed by atoms with Crippen LogP contribution in [0.5, 0.6) is 5.75 Å². The van der Waals surface area contributed by atoms with E-state index in [-0.39, 0.29) is 37.9 Å². The van der Waals surface area contributed by atoms with Crippen LogP contribution in [0.4, 0.5) is 17.1 Å². The summed E-state index contributed by atoms with van der Waals surface area (Å²) in [5.74, 6) is 1.71. The summed E-state index contributed by atoms with van der Waals surface area (Å²) in [5.41, 5.74) is 3.43. The Morgan fingerprint density at radius 2 is 1.62 bits per heavy atom. The minimum Gasteiger partial charge on any atom is -0.497 e. The molecule has 0 aromatic heterocycles. The van der Waals surface area contributed by atoms with Crippen LogP contribution in [-0.2, 0) is 10.8 Å². The van der Waals surface area contributed by atoms with Gasteiger partial charge in [-0.15, -0.1) is 0 Å². The van der Waals surface area contributed by atoms with Crippen molar-refractivity contribution in [2.24, 2.45) is 11.8 Å². The molecule has 0 aliphatic carbocycles. The highest BCUT2D eigenvalue weighted by Crippen LogP contribution is 2.47. The van der Waals surface area contributed by atoms with Crippen molar-refractivity contribution in [3.63, 3.8) is 0 Å². The van der Waals surface area contributed by atoms with E-state index in [1.54, 1.807) is 19.2 Å². The maximum Gasteiger partial charge on any atom is 0.269 e. The third kappa shape index (κ3) is 5.53. The van der Waals surface area contributed by atoms with Crippen molar-refractivity contribution < 1.29 is 14.2 Å². The molecule has 0 radical (unpaired) electrons. The Bertz CT molecular complexity index is 1860. The van der Waals surface area contributed by atoms with Crippen molar-refractivity contribution >= 4 is 34.9 Å². The molecule has 2 aliphatic heterocycles. The smallest absolute Gasteiger partial charge is 0.269 e. The minimum absolute atomic E-state index is 0.0387. The number of benzene rings is 2. The molecular formula is C37H46N3O5+. The van der Waals surface area contributed by atoms with Crippen LogP contribution in [0.25, 0.3) is 12.2 Å². The fraction of sp³-hybridized carbons (Fsp3) is 0.486. The number of non-ortho nitro benzene ring substituents is 1. The fourth-order valence-electron chi connectivity index (χ4n) is 6.94. The van der Waals surface area contributed by atoms with Gasteiger partial charge in [-0.05, 0) is 61.9 Å². The molecule has 0 fully saturated rings. The summed E-state index contributed by atoms with van der Waals surface area (Å²) < 4.78 is 7.78. The third-order valence-electron chi connectivity index (χ3n) is 9.83. The number of nitro benzene ring substituents is 1. The van der Waals surface area contributed by atoms with Gasteiger partial charge in [0, 0.05) is 53.9 Å². The predicted octanol–water partition coefficient (Wildman–Crippen LogP) is 5.10. The van der Waals surface area contributed by atoms with Crippen molar-refractivity contribution in [1.29, 1.82) is 0 Å². The molecule has 0 N–H and O–H groups in total. The monoisotopic (exact) mass is 612 g/mol. The van der Waals surface area contributed by atoms with Crippen LogP contribution in [0, 0.1) is 22.0 Å². The average molecular weight is 613 g/mol. The maximum absolute atomic E-state index is 13.8. The molecule has 0 saturated heterocycles. The lowest BCUT2D eigenvalue weighted by Crippen LogP contribution is -2.66. The molecule has 238 valence electrons. The first-order valence-electron chi connectivity index (χ1n) is 16.0. The molecule has 1 atom stereocenters. The molecule has 0 spiro atoms. The van der Waals surface area contributed by atoms with E-state index in [1.807, 2.05) is 32.1 Å². The van der Waals surface area contributed by atoms with E-state index in [1.165, 1.54) is 6.07 Å². The first-order chi connectivity index (χ1) is 21.1. The molecule has 8 nitrogen and oxygen atoms in total. The molecule has 0 saturated carbocycles. The summed E-state index contributed by atoms with van der Waals surface area (Å²) in [4.78, 5) is 41.0. The van der Waals surface area contributed by atoms with E-state index in [4.69, 9.17) is 4.74 Å². The molecule has 3 aromatic rings. The molecule has 8 heteroatoms. The number of ether oxygens (including phenoxy) is 1. The Kier molecular flexibility index (Phi) is 8.40. The van der Waals surface area contributed by atoms with E-state index in [0.717, 1.165) is 53.3 Å². The largest absolute Gasteiger partial charge is 0.497 e. The zero-order valence-corrected chi connectivity index (χ0v) is 28.1.